The van der Waals surface area contributed by atoms with Crippen LogP contribution in [0.5, 0.6) is 5.75 Å². The van der Waals surface area contributed by atoms with Gasteiger partial charge in [0.05, 0.1) is 17.3 Å². The molecule has 0 unspecified atom stereocenters. The number of aromatic carboxylic acids is 1. The van der Waals surface area contributed by atoms with Gasteiger partial charge >= 0.3 is 12.1 Å². The molecule has 1 aliphatic carbocycles. The molecule has 2 aliphatic heterocycles. The van der Waals surface area contributed by atoms with Crippen molar-refractivity contribution in [1.29, 1.82) is 0 Å². The van der Waals surface area contributed by atoms with Crippen LogP contribution in [0.3, 0.4) is 0 Å². The number of likely N-dealkylation sites (N-methyl/N-ethyl adjacent to an activating group) is 1. The number of nitrogens with one attached hydrogen (secondary N) is 1. The largest absolute Gasteiger partial charge is 0.491 e. The molecule has 6 rings (SSSR count). The van der Waals surface area contributed by atoms with Gasteiger partial charge in [-0.2, -0.15) is 0 Å². The molecular weight excluding hydrogens is 592 g/mol. The number of nitrogens with zero attached hydrogens (tertiary/aromatic N) is 3. The Hall–Kier alpha value is -3.56. The number of hydrogen-bond donors (Lipinski definition) is 2. The van der Waals surface area contributed by atoms with E-state index in [4.69, 9.17) is 9.47 Å². The third kappa shape index (κ3) is 7.62. The molecule has 9 nitrogen and oxygen atoms in total. The first-order valence-corrected chi connectivity index (χ1v) is 17.6. The summed E-state index contributed by atoms with van der Waals surface area (Å²) in [6, 6.07) is 12.3. The molecule has 2 fully saturated rings. The van der Waals surface area contributed by atoms with Gasteiger partial charge in [0.1, 0.15) is 18.0 Å². The van der Waals surface area contributed by atoms with Crippen molar-refractivity contribution in [2.45, 2.75) is 103 Å². The number of rotatable bonds is 8. The fourth-order valence-electron chi connectivity index (χ4n) is 7.76. The molecule has 1 aromatic heterocycles. The van der Waals surface area contributed by atoms with E-state index < -0.39 is 17.7 Å². The molecule has 0 spiro atoms. The van der Waals surface area contributed by atoms with Crippen molar-refractivity contribution in [3.8, 4) is 17.0 Å². The molecule has 254 valence electrons. The highest BCUT2D eigenvalue weighted by molar-refractivity contribution is 5.99. The van der Waals surface area contributed by atoms with Gasteiger partial charge in [0, 0.05) is 48.2 Å². The number of ether oxygens (including phenoxy) is 2. The van der Waals surface area contributed by atoms with Crippen molar-refractivity contribution in [3.63, 3.8) is 0 Å². The lowest BCUT2D eigenvalue weighted by Gasteiger charge is -2.34. The zero-order valence-corrected chi connectivity index (χ0v) is 28.6. The van der Waals surface area contributed by atoms with E-state index in [2.05, 4.69) is 44.9 Å². The summed E-state index contributed by atoms with van der Waals surface area (Å²) in [5.74, 6) is 0.440. The number of carbonyl (C=O) groups is 2. The molecule has 3 aliphatic rings. The van der Waals surface area contributed by atoms with E-state index in [1.165, 1.54) is 55.3 Å². The summed E-state index contributed by atoms with van der Waals surface area (Å²) in [7, 11) is 2.07. The van der Waals surface area contributed by atoms with E-state index in [1.54, 1.807) is 6.07 Å². The minimum Gasteiger partial charge on any atom is -0.491 e. The molecule has 1 saturated carbocycles. The quantitative estimate of drug-likeness (QED) is 0.267. The van der Waals surface area contributed by atoms with Gasteiger partial charge in [-0.1, -0.05) is 43.9 Å². The van der Waals surface area contributed by atoms with E-state index in [1.807, 2.05) is 32.9 Å². The molecule has 0 radical (unpaired) electrons. The number of benzene rings is 2. The summed E-state index contributed by atoms with van der Waals surface area (Å²) in [5, 5.41) is 14.1. The Morgan fingerprint density at radius 2 is 1.79 bits per heavy atom. The monoisotopic (exact) mass is 644 g/mol. The number of carboxylic acid groups (broad SMARTS) is 1. The Bertz CT molecular complexity index is 1580. The number of fused-ring (bicyclic) bond motifs is 5. The van der Waals surface area contributed by atoms with Gasteiger partial charge in [-0.25, -0.2) is 9.59 Å². The lowest BCUT2D eigenvalue weighted by molar-refractivity contribution is 0.0516. The van der Waals surface area contributed by atoms with Crippen LogP contribution in [0.25, 0.3) is 22.2 Å². The predicted octanol–water partition coefficient (Wildman–Crippen LogP) is 7.26. The number of carboxylic acids is 1. The lowest BCUT2D eigenvalue weighted by atomic mass is 9.81. The summed E-state index contributed by atoms with van der Waals surface area (Å²) in [6.45, 7) is 10.8. The molecule has 1 saturated heterocycles. The van der Waals surface area contributed by atoms with Crippen LogP contribution in [0, 0.1) is 0 Å². The van der Waals surface area contributed by atoms with Crippen molar-refractivity contribution < 1.29 is 24.2 Å². The highest BCUT2D eigenvalue weighted by Gasteiger charge is 2.33. The first-order valence-electron chi connectivity index (χ1n) is 17.6. The molecule has 1 atom stereocenters. The average Bonchev–Trinajstić information content (AvgIpc) is 3.34. The molecule has 3 heterocycles. The van der Waals surface area contributed by atoms with Crippen molar-refractivity contribution in [3.05, 3.63) is 53.1 Å². The van der Waals surface area contributed by atoms with Gasteiger partial charge in [-0.05, 0) is 96.3 Å². The summed E-state index contributed by atoms with van der Waals surface area (Å²) in [5.41, 5.74) is 5.55. The highest BCUT2D eigenvalue weighted by atomic mass is 16.6. The molecule has 1 amide bonds. The van der Waals surface area contributed by atoms with Crippen molar-refractivity contribution >= 4 is 23.0 Å². The molecule has 2 aromatic carbocycles. The number of para-hydroxylation sites is 1. The fraction of sp³-hybridized carbons (Fsp3) is 0.579. The summed E-state index contributed by atoms with van der Waals surface area (Å²) in [6.07, 6.45) is 9.27. The van der Waals surface area contributed by atoms with Crippen LogP contribution in [0.1, 0.15) is 99.5 Å². The predicted molar refractivity (Wildman–Crippen MR) is 185 cm³/mol. The first kappa shape index (κ1) is 33.3. The second kappa shape index (κ2) is 14.3. The van der Waals surface area contributed by atoms with Gasteiger partial charge in [0.15, 0.2) is 0 Å². The smallest absolute Gasteiger partial charge is 0.407 e. The zero-order chi connectivity index (χ0) is 33.1. The van der Waals surface area contributed by atoms with Crippen LogP contribution >= 0.6 is 0 Å². The molecule has 9 heteroatoms. The van der Waals surface area contributed by atoms with Crippen LogP contribution in [-0.2, 0) is 17.8 Å². The highest BCUT2D eigenvalue weighted by Crippen LogP contribution is 2.48. The number of aromatic nitrogens is 1. The third-order valence-corrected chi connectivity index (χ3v) is 10.1. The second-order valence-corrected chi connectivity index (χ2v) is 14.7. The van der Waals surface area contributed by atoms with Gasteiger partial charge in [-0.15, -0.1) is 0 Å². The summed E-state index contributed by atoms with van der Waals surface area (Å²) < 4.78 is 14.7. The number of carbonyl (C=O) groups excluding carboxylic acids is 1. The second-order valence-electron chi connectivity index (χ2n) is 14.7. The average molecular weight is 645 g/mol. The van der Waals surface area contributed by atoms with Crippen molar-refractivity contribution in [2.24, 2.45) is 0 Å². The van der Waals surface area contributed by atoms with E-state index in [-0.39, 0.29) is 6.04 Å². The van der Waals surface area contributed by atoms with Gasteiger partial charge in [0.2, 0.25) is 0 Å². The van der Waals surface area contributed by atoms with Crippen molar-refractivity contribution in [1.82, 2.24) is 19.7 Å². The maximum atomic E-state index is 12.4. The molecule has 2 N–H and O–H groups in total. The van der Waals surface area contributed by atoms with E-state index in [0.29, 0.717) is 37.7 Å². The lowest BCUT2D eigenvalue weighted by Crippen LogP contribution is -2.45. The van der Waals surface area contributed by atoms with Gasteiger partial charge in [-0.3, -0.25) is 9.80 Å². The number of amides is 1. The van der Waals surface area contributed by atoms with Crippen LogP contribution in [-0.4, -0.2) is 83.0 Å². The summed E-state index contributed by atoms with van der Waals surface area (Å²) in [4.78, 5) is 29.4. The topological polar surface area (TPSA) is 96.3 Å². The maximum absolute atomic E-state index is 12.4. The van der Waals surface area contributed by atoms with E-state index >= 15 is 0 Å². The van der Waals surface area contributed by atoms with E-state index in [9.17, 15) is 14.7 Å². The number of alkyl carbamates (subject to hydrolysis) is 1. The SMILES string of the molecule is CN(CCNC(=O)OC(C)(C)C)[C@H]1COc2c(CN3CCCCC3)cccc2-c2c(C3CCCCC3)c3ccc(C(=O)O)cc3n2C1. The van der Waals surface area contributed by atoms with Crippen LogP contribution in [0.15, 0.2) is 36.4 Å². The van der Waals surface area contributed by atoms with Gasteiger partial charge in [0.25, 0.3) is 0 Å². The molecule has 3 aromatic rings. The van der Waals surface area contributed by atoms with E-state index in [0.717, 1.165) is 54.7 Å². The number of hydrogen-bond acceptors (Lipinski definition) is 6. The van der Waals surface area contributed by atoms with Gasteiger partial charge < -0.3 is 24.5 Å². The van der Waals surface area contributed by atoms with Crippen LogP contribution < -0.4 is 10.1 Å². The fourth-order valence-corrected chi connectivity index (χ4v) is 7.76. The Balaban J connectivity index is 1.43. The Morgan fingerprint density at radius 3 is 2.51 bits per heavy atom. The molecule has 0 bridgehead atoms. The van der Waals surface area contributed by atoms with Crippen LogP contribution in [0.2, 0.25) is 0 Å². The Morgan fingerprint density at radius 1 is 1.04 bits per heavy atom. The van der Waals surface area contributed by atoms with Crippen LogP contribution in [0.4, 0.5) is 4.79 Å². The minimum absolute atomic E-state index is 0.0198. The number of piperidine rings is 1. The zero-order valence-electron chi connectivity index (χ0n) is 28.6. The third-order valence-electron chi connectivity index (χ3n) is 10.1. The molecule has 47 heavy (non-hydrogen) atoms. The van der Waals surface area contributed by atoms with Crippen molar-refractivity contribution in [2.75, 3.05) is 39.8 Å². The maximum Gasteiger partial charge on any atom is 0.407 e. The summed E-state index contributed by atoms with van der Waals surface area (Å²) >= 11 is 0. The Labute approximate surface area is 279 Å². The Kier molecular flexibility index (Phi) is 10.1. The normalized spacial score (nSPS) is 19.4. The first-order chi connectivity index (χ1) is 22.6. The standard InChI is InChI=1S/C38H52N4O5/c1-38(2,3)47-37(45)39-18-21-40(4)29-24-42-32-22-27(36(43)44)16-17-30(32)33(26-12-7-5-8-13-26)34(42)31-15-11-14-28(35(31)46-25-29)23-41-19-9-6-10-20-41/h11,14-17,22,26,29H,5-10,12-13,18-21,23-25H2,1-4H3,(H,39,45)(H,43,44)/t29-/m1/s1. The number of likely N-dealkylation sites (tertiary alicyclic amines) is 1. The molecular formula is C38H52N4O5. The minimum atomic E-state index is -0.915.